The molecule has 1 aliphatic rings. The third-order valence-electron chi connectivity index (χ3n) is 4.04. The summed E-state index contributed by atoms with van der Waals surface area (Å²) in [6.07, 6.45) is 0. The van der Waals surface area contributed by atoms with Crippen LogP contribution >= 0.6 is 27.5 Å². The van der Waals surface area contributed by atoms with Gasteiger partial charge >= 0.3 is 0 Å². The standard InChI is InChI=1S/C16H18BrClN4O/c1-19-15(23)10-21-4-6-22(7-5-21)14-3-2-11-8-12(17)9-13(18)16(11)20-14/h2-3,8-9H,4-7,10H2,1H3,(H,19,23). The number of anilines is 1. The van der Waals surface area contributed by atoms with Crippen molar-refractivity contribution in [2.45, 2.75) is 0 Å². The summed E-state index contributed by atoms with van der Waals surface area (Å²) in [5.74, 6) is 0.987. The molecule has 0 saturated carbocycles. The summed E-state index contributed by atoms with van der Waals surface area (Å²) in [7, 11) is 1.67. The summed E-state index contributed by atoms with van der Waals surface area (Å²) >= 11 is 9.76. The summed E-state index contributed by atoms with van der Waals surface area (Å²) in [5.41, 5.74) is 0.820. The van der Waals surface area contributed by atoms with E-state index in [1.807, 2.05) is 24.3 Å². The van der Waals surface area contributed by atoms with Crippen molar-refractivity contribution in [3.05, 3.63) is 33.8 Å². The van der Waals surface area contributed by atoms with E-state index in [1.54, 1.807) is 7.05 Å². The van der Waals surface area contributed by atoms with Gasteiger partial charge in [0.1, 0.15) is 5.82 Å². The van der Waals surface area contributed by atoms with Crippen LogP contribution in [0.15, 0.2) is 28.7 Å². The highest BCUT2D eigenvalue weighted by atomic mass is 79.9. The van der Waals surface area contributed by atoms with Crippen molar-refractivity contribution < 1.29 is 4.79 Å². The molecule has 2 heterocycles. The van der Waals surface area contributed by atoms with Crippen LogP contribution in [0.1, 0.15) is 0 Å². The Bertz CT molecular complexity index is 731. The van der Waals surface area contributed by atoms with E-state index in [9.17, 15) is 4.79 Å². The number of piperazine rings is 1. The monoisotopic (exact) mass is 396 g/mol. The zero-order valence-electron chi connectivity index (χ0n) is 12.9. The summed E-state index contributed by atoms with van der Waals surface area (Å²) in [6, 6.07) is 7.95. The van der Waals surface area contributed by atoms with Crippen LogP contribution < -0.4 is 10.2 Å². The van der Waals surface area contributed by atoms with Crippen LogP contribution in [-0.2, 0) is 4.79 Å². The molecule has 0 bridgehead atoms. The first-order valence-electron chi connectivity index (χ1n) is 7.50. The van der Waals surface area contributed by atoms with Crippen LogP contribution in [-0.4, -0.2) is 55.6 Å². The molecule has 0 spiro atoms. The molecule has 0 atom stereocenters. The normalized spacial score (nSPS) is 15.9. The maximum absolute atomic E-state index is 11.4. The number of amides is 1. The minimum atomic E-state index is 0.0552. The van der Waals surface area contributed by atoms with E-state index in [1.165, 1.54) is 0 Å². The Morgan fingerprint density at radius 1 is 1.30 bits per heavy atom. The number of rotatable bonds is 3. The van der Waals surface area contributed by atoms with Gasteiger partial charge in [-0.1, -0.05) is 27.5 Å². The molecule has 23 heavy (non-hydrogen) atoms. The zero-order chi connectivity index (χ0) is 16.4. The Balaban J connectivity index is 1.73. The molecule has 1 fully saturated rings. The Hall–Kier alpha value is -1.37. The van der Waals surface area contributed by atoms with E-state index in [0.717, 1.165) is 47.4 Å². The summed E-state index contributed by atoms with van der Waals surface area (Å²) < 4.78 is 0.951. The number of carbonyl (C=O) groups is 1. The van der Waals surface area contributed by atoms with E-state index < -0.39 is 0 Å². The lowest BCUT2D eigenvalue weighted by Gasteiger charge is -2.35. The number of nitrogens with one attached hydrogen (secondary N) is 1. The van der Waals surface area contributed by atoms with E-state index in [0.29, 0.717) is 11.6 Å². The van der Waals surface area contributed by atoms with Gasteiger partial charge in [0.15, 0.2) is 0 Å². The minimum Gasteiger partial charge on any atom is -0.358 e. The first kappa shape index (κ1) is 16.5. The minimum absolute atomic E-state index is 0.0552. The molecule has 2 aromatic rings. The lowest BCUT2D eigenvalue weighted by molar-refractivity contribution is -0.121. The number of hydrogen-bond acceptors (Lipinski definition) is 4. The molecule has 3 rings (SSSR count). The van der Waals surface area contributed by atoms with E-state index in [-0.39, 0.29) is 5.91 Å². The second kappa shape index (κ2) is 7.03. The molecule has 1 aromatic carbocycles. The van der Waals surface area contributed by atoms with Gasteiger partial charge in [0.2, 0.25) is 5.91 Å². The van der Waals surface area contributed by atoms with Gasteiger partial charge in [-0.05, 0) is 24.3 Å². The average molecular weight is 398 g/mol. The van der Waals surface area contributed by atoms with Crippen LogP contribution in [0.25, 0.3) is 10.9 Å². The smallest absolute Gasteiger partial charge is 0.233 e. The lowest BCUT2D eigenvalue weighted by Crippen LogP contribution is -2.49. The second-order valence-electron chi connectivity index (χ2n) is 5.57. The van der Waals surface area contributed by atoms with Gasteiger partial charge in [-0.3, -0.25) is 9.69 Å². The Kier molecular flexibility index (Phi) is 5.04. The van der Waals surface area contributed by atoms with Crippen molar-refractivity contribution in [3.63, 3.8) is 0 Å². The number of hydrogen-bond donors (Lipinski definition) is 1. The van der Waals surface area contributed by atoms with Crippen molar-refractivity contribution in [1.82, 2.24) is 15.2 Å². The van der Waals surface area contributed by atoms with Gasteiger partial charge in [0.05, 0.1) is 17.1 Å². The number of nitrogens with zero attached hydrogens (tertiary/aromatic N) is 3. The summed E-state index contributed by atoms with van der Waals surface area (Å²) in [6.45, 7) is 3.85. The predicted molar refractivity (Wildman–Crippen MR) is 97.2 cm³/mol. The molecule has 7 heteroatoms. The van der Waals surface area contributed by atoms with Crippen molar-refractivity contribution >= 4 is 50.2 Å². The van der Waals surface area contributed by atoms with Crippen molar-refractivity contribution in [2.75, 3.05) is 44.7 Å². The zero-order valence-corrected chi connectivity index (χ0v) is 15.2. The fraction of sp³-hybridized carbons (Fsp3) is 0.375. The van der Waals surface area contributed by atoms with Gasteiger partial charge < -0.3 is 10.2 Å². The molecule has 1 aliphatic heterocycles. The molecule has 1 saturated heterocycles. The molecule has 1 amide bonds. The third kappa shape index (κ3) is 3.76. The van der Waals surface area contributed by atoms with Gasteiger partial charge in [-0.15, -0.1) is 0 Å². The number of fused-ring (bicyclic) bond motifs is 1. The topological polar surface area (TPSA) is 48.5 Å². The number of pyridine rings is 1. The molecular weight excluding hydrogens is 380 g/mol. The average Bonchev–Trinajstić information content (AvgIpc) is 2.55. The highest BCUT2D eigenvalue weighted by Crippen LogP contribution is 2.28. The number of aromatic nitrogens is 1. The van der Waals surface area contributed by atoms with E-state index in [2.05, 4.69) is 31.0 Å². The maximum atomic E-state index is 11.4. The number of likely N-dealkylation sites (N-methyl/N-ethyl adjacent to an activating group) is 1. The fourth-order valence-electron chi connectivity index (χ4n) is 2.74. The highest BCUT2D eigenvalue weighted by molar-refractivity contribution is 9.10. The number of halogens is 2. The van der Waals surface area contributed by atoms with Crippen molar-refractivity contribution in [2.24, 2.45) is 0 Å². The maximum Gasteiger partial charge on any atom is 0.233 e. The van der Waals surface area contributed by atoms with Gasteiger partial charge in [0, 0.05) is 43.1 Å². The Morgan fingerprint density at radius 2 is 2.04 bits per heavy atom. The highest BCUT2D eigenvalue weighted by Gasteiger charge is 2.20. The molecule has 0 aliphatic carbocycles. The fourth-order valence-corrected chi connectivity index (χ4v) is 3.62. The molecular formula is C16H18BrClN4O. The molecule has 1 aromatic heterocycles. The summed E-state index contributed by atoms with van der Waals surface area (Å²) in [5, 5.41) is 4.33. The van der Waals surface area contributed by atoms with Gasteiger partial charge in [-0.25, -0.2) is 4.98 Å². The van der Waals surface area contributed by atoms with Crippen molar-refractivity contribution in [3.8, 4) is 0 Å². The molecule has 1 N–H and O–H groups in total. The second-order valence-corrected chi connectivity index (χ2v) is 6.89. The number of carbonyl (C=O) groups excluding carboxylic acids is 1. The van der Waals surface area contributed by atoms with E-state index >= 15 is 0 Å². The lowest BCUT2D eigenvalue weighted by atomic mass is 10.2. The van der Waals surface area contributed by atoms with E-state index in [4.69, 9.17) is 16.6 Å². The molecule has 5 nitrogen and oxygen atoms in total. The van der Waals surface area contributed by atoms with Crippen LogP contribution in [0.2, 0.25) is 5.02 Å². The van der Waals surface area contributed by atoms with Crippen LogP contribution in [0, 0.1) is 0 Å². The molecule has 122 valence electrons. The third-order valence-corrected chi connectivity index (χ3v) is 4.78. The van der Waals surface area contributed by atoms with Crippen LogP contribution in [0.4, 0.5) is 5.82 Å². The quantitative estimate of drug-likeness (QED) is 0.864. The number of benzene rings is 1. The van der Waals surface area contributed by atoms with Gasteiger partial charge in [-0.2, -0.15) is 0 Å². The van der Waals surface area contributed by atoms with Crippen LogP contribution in [0.3, 0.4) is 0 Å². The summed E-state index contributed by atoms with van der Waals surface area (Å²) in [4.78, 5) is 20.6. The predicted octanol–water partition coefficient (Wildman–Crippen LogP) is 2.52. The van der Waals surface area contributed by atoms with Gasteiger partial charge in [0.25, 0.3) is 0 Å². The Morgan fingerprint density at radius 3 is 2.74 bits per heavy atom. The van der Waals surface area contributed by atoms with Crippen molar-refractivity contribution in [1.29, 1.82) is 0 Å². The Labute approximate surface area is 148 Å². The first-order valence-corrected chi connectivity index (χ1v) is 8.67. The molecule has 0 unspecified atom stereocenters. The molecule has 0 radical (unpaired) electrons. The largest absolute Gasteiger partial charge is 0.358 e. The SMILES string of the molecule is CNC(=O)CN1CCN(c2ccc3cc(Br)cc(Cl)c3n2)CC1. The van der Waals surface area contributed by atoms with Crippen LogP contribution in [0.5, 0.6) is 0 Å². The first-order chi connectivity index (χ1) is 11.1.